The van der Waals surface area contributed by atoms with E-state index in [1.54, 1.807) is 54.7 Å². The van der Waals surface area contributed by atoms with E-state index >= 15 is 0 Å². The van der Waals surface area contributed by atoms with E-state index in [1.807, 2.05) is 0 Å². The molecule has 0 fully saturated rings. The van der Waals surface area contributed by atoms with Crippen LogP contribution in [0, 0.1) is 0 Å². The van der Waals surface area contributed by atoms with Gasteiger partial charge in [-0.05, 0) is 60.2 Å². The number of aromatic nitrogens is 1. The van der Waals surface area contributed by atoms with Crippen LogP contribution in [0.25, 0.3) is 0 Å². The van der Waals surface area contributed by atoms with Gasteiger partial charge in [0.15, 0.2) is 16.4 Å². The zero-order valence-corrected chi connectivity index (χ0v) is 18.3. The summed E-state index contributed by atoms with van der Waals surface area (Å²) < 4.78 is 37.1. The minimum absolute atomic E-state index is 0.119. The van der Waals surface area contributed by atoms with Gasteiger partial charge in [-0.3, -0.25) is 9.78 Å². The molecule has 0 aliphatic carbocycles. The van der Waals surface area contributed by atoms with Crippen molar-refractivity contribution >= 4 is 27.3 Å². The molecule has 0 aliphatic heterocycles. The molecule has 2 aromatic carbocycles. The average Bonchev–Trinajstić information content (AvgIpc) is 2.79. The Bertz CT molecular complexity index is 1100. The second-order valence-corrected chi connectivity index (χ2v) is 9.11. The van der Waals surface area contributed by atoms with Crippen LogP contribution in [0.2, 0.25) is 5.02 Å². The van der Waals surface area contributed by atoms with Crippen molar-refractivity contribution in [2.75, 3.05) is 20.3 Å². The molecule has 0 spiro atoms. The largest absolute Gasteiger partial charge is 0.497 e. The highest BCUT2D eigenvalue weighted by atomic mass is 35.5. The molecule has 1 heterocycles. The minimum Gasteiger partial charge on any atom is -0.497 e. The molecule has 0 saturated heterocycles. The Morgan fingerprint density at radius 3 is 2.35 bits per heavy atom. The second kappa shape index (κ2) is 10.3. The summed E-state index contributed by atoms with van der Waals surface area (Å²) in [6.45, 7) is -0.396. The molecule has 0 bridgehead atoms. The lowest BCUT2D eigenvalue weighted by molar-refractivity contribution is -0.123. The molecule has 162 valence electrons. The van der Waals surface area contributed by atoms with Crippen LogP contribution in [0.15, 0.2) is 78.0 Å². The van der Waals surface area contributed by atoms with Gasteiger partial charge in [0, 0.05) is 24.0 Å². The number of rotatable bonds is 9. The molecule has 1 unspecified atom stereocenters. The van der Waals surface area contributed by atoms with Gasteiger partial charge in [-0.2, -0.15) is 0 Å². The first-order valence-corrected chi connectivity index (χ1v) is 11.3. The number of nitrogens with one attached hydrogen (secondary N) is 1. The SMILES string of the molecule is COc1ccc(S(=O)(=O)C(CNC(=O)COc2ccc(Cl)cc2)c2cccnc2)cc1. The highest BCUT2D eigenvalue weighted by molar-refractivity contribution is 7.91. The summed E-state index contributed by atoms with van der Waals surface area (Å²) in [6, 6.07) is 16.0. The number of benzene rings is 2. The number of carbonyl (C=O) groups is 1. The molecular weight excluding hydrogens is 440 g/mol. The van der Waals surface area contributed by atoms with E-state index in [2.05, 4.69) is 10.3 Å². The van der Waals surface area contributed by atoms with Gasteiger partial charge in [-0.25, -0.2) is 8.42 Å². The molecule has 31 heavy (non-hydrogen) atoms. The topological polar surface area (TPSA) is 94.6 Å². The fraction of sp³-hybridized carbons (Fsp3) is 0.182. The smallest absolute Gasteiger partial charge is 0.257 e. The van der Waals surface area contributed by atoms with Gasteiger partial charge in [0.2, 0.25) is 0 Å². The maximum absolute atomic E-state index is 13.3. The number of methoxy groups -OCH3 is 1. The van der Waals surface area contributed by atoms with Crippen molar-refractivity contribution in [2.24, 2.45) is 0 Å². The Balaban J connectivity index is 1.73. The summed E-state index contributed by atoms with van der Waals surface area (Å²) in [7, 11) is -2.31. The van der Waals surface area contributed by atoms with Crippen LogP contribution >= 0.6 is 11.6 Å². The van der Waals surface area contributed by atoms with Gasteiger partial charge >= 0.3 is 0 Å². The molecule has 1 amide bonds. The summed E-state index contributed by atoms with van der Waals surface area (Å²) in [4.78, 5) is 16.4. The number of halogens is 1. The van der Waals surface area contributed by atoms with Crippen LogP contribution in [0.4, 0.5) is 0 Å². The van der Waals surface area contributed by atoms with Gasteiger partial charge in [-0.1, -0.05) is 17.7 Å². The number of carbonyl (C=O) groups excluding carboxylic acids is 1. The normalized spacial score (nSPS) is 12.1. The Labute approximate surface area is 185 Å². The van der Waals surface area contributed by atoms with Crippen molar-refractivity contribution in [1.29, 1.82) is 0 Å². The lowest BCUT2D eigenvalue weighted by Crippen LogP contribution is -2.35. The molecule has 7 nitrogen and oxygen atoms in total. The fourth-order valence-corrected chi connectivity index (χ4v) is 4.61. The quantitative estimate of drug-likeness (QED) is 0.525. The summed E-state index contributed by atoms with van der Waals surface area (Å²) >= 11 is 5.82. The third-order valence-corrected chi connectivity index (χ3v) is 6.86. The molecule has 1 atom stereocenters. The Morgan fingerprint density at radius 2 is 1.74 bits per heavy atom. The van der Waals surface area contributed by atoms with Gasteiger partial charge in [0.25, 0.3) is 5.91 Å². The van der Waals surface area contributed by atoms with E-state index in [4.69, 9.17) is 21.1 Å². The number of ether oxygens (including phenoxy) is 2. The summed E-state index contributed by atoms with van der Waals surface area (Å²) in [6.07, 6.45) is 3.03. The maximum atomic E-state index is 13.3. The van der Waals surface area contributed by atoms with Crippen LogP contribution in [-0.4, -0.2) is 39.6 Å². The first kappa shape index (κ1) is 22.6. The lowest BCUT2D eigenvalue weighted by atomic mass is 10.2. The van der Waals surface area contributed by atoms with Crippen molar-refractivity contribution < 1.29 is 22.7 Å². The molecule has 9 heteroatoms. The van der Waals surface area contributed by atoms with Gasteiger partial charge < -0.3 is 14.8 Å². The average molecular weight is 461 g/mol. The van der Waals surface area contributed by atoms with E-state index < -0.39 is 21.0 Å². The second-order valence-electron chi connectivity index (χ2n) is 6.54. The maximum Gasteiger partial charge on any atom is 0.257 e. The molecule has 3 rings (SSSR count). The van der Waals surface area contributed by atoms with Crippen LogP contribution in [0.5, 0.6) is 11.5 Å². The van der Waals surface area contributed by atoms with E-state index in [-0.39, 0.29) is 18.0 Å². The molecule has 1 aromatic heterocycles. The summed E-state index contributed by atoms with van der Waals surface area (Å²) in [5, 5.41) is 2.18. The number of hydrogen-bond donors (Lipinski definition) is 1. The Hall–Kier alpha value is -3.10. The Kier molecular flexibility index (Phi) is 7.49. The molecular formula is C22H21ClN2O5S. The van der Waals surface area contributed by atoms with Crippen molar-refractivity contribution in [3.8, 4) is 11.5 Å². The Morgan fingerprint density at radius 1 is 1.06 bits per heavy atom. The monoisotopic (exact) mass is 460 g/mol. The third kappa shape index (κ3) is 5.96. The van der Waals surface area contributed by atoms with E-state index in [0.29, 0.717) is 22.1 Å². The third-order valence-electron chi connectivity index (χ3n) is 4.49. The lowest BCUT2D eigenvalue weighted by Gasteiger charge is -2.19. The standard InChI is InChI=1S/C22H21ClN2O5S/c1-29-18-8-10-20(11-9-18)31(27,28)21(16-3-2-12-24-13-16)14-25-22(26)15-30-19-6-4-17(23)5-7-19/h2-13,21H,14-15H2,1H3,(H,25,26). The van der Waals surface area contributed by atoms with E-state index in [9.17, 15) is 13.2 Å². The number of hydrogen-bond acceptors (Lipinski definition) is 6. The predicted octanol–water partition coefficient (Wildman–Crippen LogP) is 3.45. The summed E-state index contributed by atoms with van der Waals surface area (Å²) in [5.41, 5.74) is 0.470. The first-order valence-electron chi connectivity index (χ1n) is 9.33. The van der Waals surface area contributed by atoms with Crippen molar-refractivity contribution in [1.82, 2.24) is 10.3 Å². The number of pyridine rings is 1. The zero-order valence-electron chi connectivity index (χ0n) is 16.7. The molecule has 1 N–H and O–H groups in total. The molecule has 3 aromatic rings. The highest BCUT2D eigenvalue weighted by Gasteiger charge is 2.30. The number of amides is 1. The zero-order chi connectivity index (χ0) is 22.3. The van der Waals surface area contributed by atoms with Crippen molar-refractivity contribution in [3.63, 3.8) is 0 Å². The van der Waals surface area contributed by atoms with Crippen LogP contribution in [0.1, 0.15) is 10.8 Å². The summed E-state index contributed by atoms with van der Waals surface area (Å²) in [5.74, 6) is 0.576. The van der Waals surface area contributed by atoms with E-state index in [0.717, 1.165) is 0 Å². The highest BCUT2D eigenvalue weighted by Crippen LogP contribution is 2.29. The van der Waals surface area contributed by atoms with E-state index in [1.165, 1.54) is 25.4 Å². The van der Waals surface area contributed by atoms with Crippen molar-refractivity contribution in [3.05, 3.63) is 83.6 Å². The fourth-order valence-electron chi connectivity index (χ4n) is 2.84. The minimum atomic E-state index is -3.81. The van der Waals surface area contributed by atoms with Crippen LogP contribution < -0.4 is 14.8 Å². The van der Waals surface area contributed by atoms with Crippen molar-refractivity contribution in [2.45, 2.75) is 10.1 Å². The number of nitrogens with zero attached hydrogens (tertiary/aromatic N) is 1. The van der Waals surface area contributed by atoms with Gasteiger partial charge in [-0.15, -0.1) is 0 Å². The van der Waals surface area contributed by atoms with Crippen LogP contribution in [0.3, 0.4) is 0 Å². The van der Waals surface area contributed by atoms with Gasteiger partial charge in [0.1, 0.15) is 16.7 Å². The van der Waals surface area contributed by atoms with Crippen LogP contribution in [-0.2, 0) is 14.6 Å². The number of sulfone groups is 1. The first-order chi connectivity index (χ1) is 14.9. The molecule has 0 radical (unpaired) electrons. The van der Waals surface area contributed by atoms with Gasteiger partial charge in [0.05, 0.1) is 12.0 Å². The molecule has 0 saturated carbocycles. The molecule has 0 aliphatic rings. The predicted molar refractivity (Wildman–Crippen MR) is 117 cm³/mol.